The Bertz CT molecular complexity index is 530. The van der Waals surface area contributed by atoms with Gasteiger partial charge in [0.1, 0.15) is 5.75 Å². The topological polar surface area (TPSA) is 66.8 Å². The first-order valence-corrected chi connectivity index (χ1v) is 8.04. The number of likely N-dealkylation sites (N-methyl/N-ethyl adjacent to an activating group) is 1. The first-order chi connectivity index (χ1) is 9.34. The monoisotopic (exact) mass is 301 g/mol. The lowest BCUT2D eigenvalue weighted by molar-refractivity contribution is 0.286. The van der Waals surface area contributed by atoms with E-state index >= 15 is 0 Å². The number of sulfonamides is 1. The number of hydrogen-bond acceptors (Lipinski definition) is 4. The van der Waals surface area contributed by atoms with Crippen LogP contribution in [0, 0.1) is 0 Å². The number of ether oxygens (including phenoxy) is 1. The second-order valence-electron chi connectivity index (χ2n) is 4.92. The molecule has 0 saturated carbocycles. The van der Waals surface area contributed by atoms with Crippen LogP contribution in [0.4, 0.5) is 0 Å². The van der Waals surface area contributed by atoms with Gasteiger partial charge in [-0.15, -0.1) is 0 Å². The van der Waals surface area contributed by atoms with Crippen molar-refractivity contribution in [1.29, 1.82) is 0 Å². The van der Waals surface area contributed by atoms with E-state index in [-0.39, 0.29) is 12.6 Å². The molecule has 1 aromatic carbocycles. The molecule has 0 radical (unpaired) electrons. The molecule has 0 saturated heterocycles. The largest absolute Gasteiger partial charge is 0.496 e. The SMILES string of the molecule is COc1ccccc1CC(C)N(C)S(=O)(=O)C(C)CO. The molecule has 0 aromatic heterocycles. The molecule has 2 atom stereocenters. The summed E-state index contributed by atoms with van der Waals surface area (Å²) < 4.78 is 31.0. The first kappa shape index (κ1) is 16.9. The third-order valence-corrected chi connectivity index (χ3v) is 5.82. The van der Waals surface area contributed by atoms with Crippen molar-refractivity contribution in [2.24, 2.45) is 0 Å². The van der Waals surface area contributed by atoms with E-state index in [1.54, 1.807) is 14.2 Å². The fraction of sp³-hybridized carbons (Fsp3) is 0.571. The maximum absolute atomic E-state index is 12.2. The van der Waals surface area contributed by atoms with Crippen molar-refractivity contribution in [1.82, 2.24) is 4.31 Å². The minimum Gasteiger partial charge on any atom is -0.496 e. The number of methoxy groups -OCH3 is 1. The molecule has 0 amide bonds. The van der Waals surface area contributed by atoms with Crippen molar-refractivity contribution in [3.8, 4) is 5.75 Å². The van der Waals surface area contributed by atoms with E-state index in [1.165, 1.54) is 11.2 Å². The minimum absolute atomic E-state index is 0.217. The van der Waals surface area contributed by atoms with Gasteiger partial charge in [0.25, 0.3) is 0 Å². The molecule has 0 fully saturated rings. The highest BCUT2D eigenvalue weighted by Crippen LogP contribution is 2.21. The molecule has 1 rings (SSSR count). The van der Waals surface area contributed by atoms with Crippen LogP contribution in [0.15, 0.2) is 24.3 Å². The summed E-state index contributed by atoms with van der Waals surface area (Å²) in [6.45, 7) is 2.96. The standard InChI is InChI=1S/C14H23NO4S/c1-11(15(3)20(17,18)12(2)10-16)9-13-7-5-6-8-14(13)19-4/h5-8,11-12,16H,9-10H2,1-4H3. The van der Waals surface area contributed by atoms with E-state index in [0.29, 0.717) is 6.42 Å². The van der Waals surface area contributed by atoms with Crippen LogP contribution in [-0.4, -0.2) is 49.9 Å². The Morgan fingerprint density at radius 1 is 1.30 bits per heavy atom. The zero-order chi connectivity index (χ0) is 15.3. The normalized spacial score (nSPS) is 15.1. The van der Waals surface area contributed by atoms with Gasteiger partial charge in [-0.25, -0.2) is 12.7 Å². The van der Waals surface area contributed by atoms with Crippen LogP contribution in [0.25, 0.3) is 0 Å². The summed E-state index contributed by atoms with van der Waals surface area (Å²) in [7, 11) is -0.347. The van der Waals surface area contributed by atoms with Crippen LogP contribution in [-0.2, 0) is 16.4 Å². The number of hydrogen-bond donors (Lipinski definition) is 1. The smallest absolute Gasteiger partial charge is 0.218 e. The Balaban J connectivity index is 2.88. The average Bonchev–Trinajstić information content (AvgIpc) is 2.45. The van der Waals surface area contributed by atoms with E-state index in [0.717, 1.165) is 11.3 Å². The van der Waals surface area contributed by atoms with Crippen LogP contribution >= 0.6 is 0 Å². The van der Waals surface area contributed by atoms with Gasteiger partial charge in [-0.05, 0) is 31.9 Å². The highest BCUT2D eigenvalue weighted by atomic mass is 32.2. The zero-order valence-corrected chi connectivity index (χ0v) is 13.2. The second kappa shape index (κ2) is 7.06. The van der Waals surface area contributed by atoms with Gasteiger partial charge >= 0.3 is 0 Å². The molecule has 0 bridgehead atoms. The Labute approximate surface area is 121 Å². The third-order valence-electron chi connectivity index (χ3n) is 3.50. The Morgan fingerprint density at radius 2 is 1.90 bits per heavy atom. The van der Waals surface area contributed by atoms with E-state index < -0.39 is 15.3 Å². The molecule has 6 heteroatoms. The van der Waals surface area contributed by atoms with Crippen molar-refractivity contribution < 1.29 is 18.3 Å². The van der Waals surface area contributed by atoms with E-state index in [1.807, 2.05) is 31.2 Å². The van der Waals surface area contributed by atoms with Crippen LogP contribution in [0.2, 0.25) is 0 Å². The van der Waals surface area contributed by atoms with Crippen LogP contribution in [0.3, 0.4) is 0 Å². The Hall–Kier alpha value is -1.11. The van der Waals surface area contributed by atoms with Crippen molar-refractivity contribution in [3.05, 3.63) is 29.8 Å². The van der Waals surface area contributed by atoms with Crippen molar-refractivity contribution in [2.45, 2.75) is 31.6 Å². The van der Waals surface area contributed by atoms with Gasteiger partial charge < -0.3 is 9.84 Å². The van der Waals surface area contributed by atoms with Crippen molar-refractivity contribution in [3.63, 3.8) is 0 Å². The third kappa shape index (κ3) is 3.71. The molecule has 2 unspecified atom stereocenters. The first-order valence-electron chi connectivity index (χ1n) is 6.54. The van der Waals surface area contributed by atoms with Gasteiger partial charge in [0, 0.05) is 13.1 Å². The molecular formula is C14H23NO4S. The quantitative estimate of drug-likeness (QED) is 0.823. The average molecular weight is 301 g/mol. The van der Waals surface area contributed by atoms with Crippen LogP contribution in [0.1, 0.15) is 19.4 Å². The van der Waals surface area contributed by atoms with Gasteiger partial charge in [0.2, 0.25) is 10.0 Å². The number of rotatable bonds is 7. The van der Waals surface area contributed by atoms with Crippen molar-refractivity contribution >= 4 is 10.0 Å². The molecule has 0 aliphatic rings. The summed E-state index contributed by atoms with van der Waals surface area (Å²) in [5.74, 6) is 0.750. The fourth-order valence-corrected chi connectivity index (χ4v) is 3.28. The molecule has 5 nitrogen and oxygen atoms in total. The maximum atomic E-state index is 12.2. The van der Waals surface area contributed by atoms with Gasteiger partial charge in [-0.2, -0.15) is 0 Å². The highest BCUT2D eigenvalue weighted by molar-refractivity contribution is 7.89. The number of para-hydroxylation sites is 1. The molecule has 0 aliphatic carbocycles. The lowest BCUT2D eigenvalue weighted by atomic mass is 10.1. The summed E-state index contributed by atoms with van der Waals surface area (Å²) in [5.41, 5.74) is 0.959. The van der Waals surface area contributed by atoms with Gasteiger partial charge in [0.15, 0.2) is 0 Å². The number of nitrogens with zero attached hydrogens (tertiary/aromatic N) is 1. The lowest BCUT2D eigenvalue weighted by Crippen LogP contribution is -2.42. The Morgan fingerprint density at radius 3 is 2.45 bits per heavy atom. The molecule has 0 spiro atoms. The van der Waals surface area contributed by atoms with E-state index in [9.17, 15) is 8.42 Å². The molecule has 0 heterocycles. The number of aliphatic hydroxyl groups is 1. The number of aliphatic hydroxyl groups excluding tert-OH is 1. The molecule has 114 valence electrons. The number of benzene rings is 1. The molecule has 1 aromatic rings. The molecule has 0 aliphatic heterocycles. The van der Waals surface area contributed by atoms with Crippen LogP contribution < -0.4 is 4.74 Å². The summed E-state index contributed by atoms with van der Waals surface area (Å²) in [4.78, 5) is 0. The van der Waals surface area contributed by atoms with E-state index in [2.05, 4.69) is 0 Å². The molecular weight excluding hydrogens is 278 g/mol. The predicted molar refractivity (Wildman–Crippen MR) is 79.4 cm³/mol. The van der Waals surface area contributed by atoms with Crippen LogP contribution in [0.5, 0.6) is 5.75 Å². The van der Waals surface area contributed by atoms with Crippen molar-refractivity contribution in [2.75, 3.05) is 20.8 Å². The van der Waals surface area contributed by atoms with Gasteiger partial charge in [-0.3, -0.25) is 0 Å². The minimum atomic E-state index is -3.49. The predicted octanol–water partition coefficient (Wildman–Crippen LogP) is 1.27. The summed E-state index contributed by atoms with van der Waals surface area (Å²) in [6, 6.07) is 7.33. The zero-order valence-electron chi connectivity index (χ0n) is 12.4. The molecule has 20 heavy (non-hydrogen) atoms. The summed E-state index contributed by atoms with van der Waals surface area (Å²) >= 11 is 0. The fourth-order valence-electron chi connectivity index (χ4n) is 1.95. The molecule has 1 N–H and O–H groups in total. The maximum Gasteiger partial charge on any atom is 0.218 e. The van der Waals surface area contributed by atoms with E-state index in [4.69, 9.17) is 9.84 Å². The highest BCUT2D eigenvalue weighted by Gasteiger charge is 2.29. The summed E-state index contributed by atoms with van der Waals surface area (Å²) in [5, 5.41) is 8.25. The summed E-state index contributed by atoms with van der Waals surface area (Å²) in [6.07, 6.45) is 0.553. The lowest BCUT2D eigenvalue weighted by Gasteiger charge is -2.27. The second-order valence-corrected chi connectivity index (χ2v) is 7.33. The van der Waals surface area contributed by atoms with Gasteiger partial charge in [0.05, 0.1) is 19.0 Å². The Kier molecular flexibility index (Phi) is 5.98. The van der Waals surface area contributed by atoms with Gasteiger partial charge in [-0.1, -0.05) is 18.2 Å².